The highest BCUT2D eigenvalue weighted by Crippen LogP contribution is 2.19. The number of rotatable bonds is 4. The molecule has 0 unspecified atom stereocenters. The summed E-state index contributed by atoms with van der Waals surface area (Å²) in [6.45, 7) is 1.82. The van der Waals surface area contributed by atoms with Gasteiger partial charge in [0.25, 0.3) is 0 Å². The molecule has 0 fully saturated rings. The van der Waals surface area contributed by atoms with E-state index in [4.69, 9.17) is 15.9 Å². The Kier molecular flexibility index (Phi) is 3.63. The lowest BCUT2D eigenvalue weighted by atomic mass is 9.95. The van der Waals surface area contributed by atoms with E-state index >= 15 is 0 Å². The predicted octanol–water partition coefficient (Wildman–Crippen LogP) is 0.893. The third-order valence-corrected chi connectivity index (χ3v) is 2.41. The van der Waals surface area contributed by atoms with Gasteiger partial charge in [-0.1, -0.05) is 6.07 Å². The molecule has 1 aromatic rings. The van der Waals surface area contributed by atoms with E-state index in [-0.39, 0.29) is 16.7 Å². The summed E-state index contributed by atoms with van der Waals surface area (Å²) >= 11 is 0. The topological polar surface area (TPSA) is 101 Å². The molecular weight excluding hydrogens is 210 g/mol. The standard InChI is InChI=1S/C11H13NO4/c1-6-8(10(13)14)3-2-7(4-5-12)9(6)11(15)16/h2-3H,4-5,12H2,1H3,(H,13,14)(H,15,16). The van der Waals surface area contributed by atoms with E-state index in [9.17, 15) is 9.59 Å². The molecule has 0 aliphatic heterocycles. The molecule has 4 N–H and O–H groups in total. The van der Waals surface area contributed by atoms with Gasteiger partial charge in [0, 0.05) is 0 Å². The molecule has 0 aromatic heterocycles. The molecule has 0 amide bonds. The molecule has 0 saturated heterocycles. The second kappa shape index (κ2) is 4.76. The summed E-state index contributed by atoms with van der Waals surface area (Å²) in [5.41, 5.74) is 6.26. The van der Waals surface area contributed by atoms with Gasteiger partial charge in [-0.3, -0.25) is 0 Å². The molecule has 0 saturated carbocycles. The molecule has 1 rings (SSSR count). The molecule has 0 atom stereocenters. The van der Waals surface area contributed by atoms with Gasteiger partial charge in [0.15, 0.2) is 0 Å². The second-order valence-corrected chi connectivity index (χ2v) is 3.42. The van der Waals surface area contributed by atoms with Crippen molar-refractivity contribution in [2.24, 2.45) is 5.73 Å². The van der Waals surface area contributed by atoms with Crippen LogP contribution in [0.15, 0.2) is 12.1 Å². The molecule has 5 heteroatoms. The highest BCUT2D eigenvalue weighted by molar-refractivity contribution is 5.97. The molecule has 0 bridgehead atoms. The first-order chi connectivity index (χ1) is 7.49. The third-order valence-electron chi connectivity index (χ3n) is 2.41. The maximum atomic E-state index is 11.1. The highest BCUT2D eigenvalue weighted by atomic mass is 16.4. The van der Waals surface area contributed by atoms with E-state index < -0.39 is 11.9 Å². The monoisotopic (exact) mass is 223 g/mol. The molecule has 0 radical (unpaired) electrons. The molecule has 86 valence electrons. The van der Waals surface area contributed by atoms with Crippen molar-refractivity contribution in [3.8, 4) is 0 Å². The summed E-state index contributed by atoms with van der Waals surface area (Å²) in [5.74, 6) is -2.25. The molecule has 1 aromatic carbocycles. The van der Waals surface area contributed by atoms with Crippen LogP contribution >= 0.6 is 0 Å². The highest BCUT2D eigenvalue weighted by Gasteiger charge is 2.18. The Morgan fingerprint density at radius 1 is 1.25 bits per heavy atom. The first kappa shape index (κ1) is 12.2. The molecule has 16 heavy (non-hydrogen) atoms. The Hall–Kier alpha value is -1.88. The van der Waals surface area contributed by atoms with Gasteiger partial charge >= 0.3 is 11.9 Å². The van der Waals surface area contributed by atoms with Crippen LogP contribution in [0.4, 0.5) is 0 Å². The minimum absolute atomic E-state index is 0.0122. The summed E-state index contributed by atoms with van der Waals surface area (Å²) in [6, 6.07) is 2.92. The molecule has 0 aliphatic carbocycles. The van der Waals surface area contributed by atoms with E-state index in [2.05, 4.69) is 0 Å². The van der Waals surface area contributed by atoms with E-state index in [1.807, 2.05) is 0 Å². The van der Waals surface area contributed by atoms with Crippen molar-refractivity contribution in [1.82, 2.24) is 0 Å². The van der Waals surface area contributed by atoms with Crippen LogP contribution in [0.25, 0.3) is 0 Å². The molecule has 0 spiro atoms. The zero-order valence-corrected chi connectivity index (χ0v) is 8.86. The van der Waals surface area contributed by atoms with Gasteiger partial charge in [-0.2, -0.15) is 0 Å². The van der Waals surface area contributed by atoms with E-state index in [1.54, 1.807) is 0 Å². The Balaban J connectivity index is 3.41. The van der Waals surface area contributed by atoms with Crippen LogP contribution in [0.1, 0.15) is 31.8 Å². The second-order valence-electron chi connectivity index (χ2n) is 3.42. The molecule has 0 aliphatic rings. The summed E-state index contributed by atoms with van der Waals surface area (Å²) in [4.78, 5) is 21.9. The fraction of sp³-hybridized carbons (Fsp3) is 0.273. The van der Waals surface area contributed by atoms with Crippen molar-refractivity contribution >= 4 is 11.9 Å². The van der Waals surface area contributed by atoms with Crippen LogP contribution in [-0.2, 0) is 6.42 Å². The smallest absolute Gasteiger partial charge is 0.336 e. The Morgan fingerprint density at radius 3 is 2.31 bits per heavy atom. The number of carboxylic acid groups (broad SMARTS) is 2. The zero-order valence-electron chi connectivity index (χ0n) is 8.86. The summed E-state index contributed by atoms with van der Waals surface area (Å²) < 4.78 is 0. The maximum absolute atomic E-state index is 11.1. The van der Waals surface area contributed by atoms with Crippen molar-refractivity contribution in [2.45, 2.75) is 13.3 Å². The maximum Gasteiger partial charge on any atom is 0.336 e. The largest absolute Gasteiger partial charge is 0.478 e. The average Bonchev–Trinajstić information content (AvgIpc) is 2.17. The van der Waals surface area contributed by atoms with Crippen molar-refractivity contribution in [2.75, 3.05) is 6.54 Å². The van der Waals surface area contributed by atoms with Crippen molar-refractivity contribution in [1.29, 1.82) is 0 Å². The SMILES string of the molecule is Cc1c(C(=O)O)ccc(CCN)c1C(=O)O. The lowest BCUT2D eigenvalue weighted by Crippen LogP contribution is -2.13. The Bertz CT molecular complexity index is 440. The van der Waals surface area contributed by atoms with E-state index in [0.29, 0.717) is 18.5 Å². The number of benzene rings is 1. The Labute approximate surface area is 92.5 Å². The van der Waals surface area contributed by atoms with E-state index in [0.717, 1.165) is 0 Å². The molecular formula is C11H13NO4. The number of nitrogens with two attached hydrogens (primary N) is 1. The summed E-state index contributed by atoms with van der Waals surface area (Å²) in [5, 5.41) is 17.9. The number of hydrogen-bond acceptors (Lipinski definition) is 3. The van der Waals surface area contributed by atoms with Crippen LogP contribution in [-0.4, -0.2) is 28.7 Å². The van der Waals surface area contributed by atoms with Gasteiger partial charge in [0.2, 0.25) is 0 Å². The van der Waals surface area contributed by atoms with Crippen molar-refractivity contribution in [3.63, 3.8) is 0 Å². The lowest BCUT2D eigenvalue weighted by Gasteiger charge is -2.10. The van der Waals surface area contributed by atoms with Crippen molar-refractivity contribution in [3.05, 3.63) is 34.4 Å². The van der Waals surface area contributed by atoms with Gasteiger partial charge < -0.3 is 15.9 Å². The molecule has 5 nitrogen and oxygen atoms in total. The lowest BCUT2D eigenvalue weighted by molar-refractivity contribution is 0.0695. The number of carboxylic acids is 2. The minimum atomic E-state index is -1.13. The quantitative estimate of drug-likeness (QED) is 0.703. The minimum Gasteiger partial charge on any atom is -0.478 e. The van der Waals surface area contributed by atoms with Gasteiger partial charge in [-0.25, -0.2) is 9.59 Å². The van der Waals surface area contributed by atoms with E-state index in [1.165, 1.54) is 19.1 Å². The zero-order chi connectivity index (χ0) is 12.3. The van der Waals surface area contributed by atoms with Gasteiger partial charge in [0.1, 0.15) is 0 Å². The number of carbonyl (C=O) groups is 2. The average molecular weight is 223 g/mol. The first-order valence-electron chi connectivity index (χ1n) is 4.78. The molecule has 0 heterocycles. The van der Waals surface area contributed by atoms with Crippen LogP contribution in [0.3, 0.4) is 0 Å². The van der Waals surface area contributed by atoms with Crippen molar-refractivity contribution < 1.29 is 19.8 Å². The predicted molar refractivity (Wildman–Crippen MR) is 57.9 cm³/mol. The van der Waals surface area contributed by atoms with Crippen LogP contribution in [0.2, 0.25) is 0 Å². The number of hydrogen-bond donors (Lipinski definition) is 3. The normalized spacial score (nSPS) is 10.1. The van der Waals surface area contributed by atoms with Crippen LogP contribution < -0.4 is 5.73 Å². The third kappa shape index (κ3) is 2.20. The van der Waals surface area contributed by atoms with Gasteiger partial charge in [-0.15, -0.1) is 0 Å². The van der Waals surface area contributed by atoms with Crippen LogP contribution in [0, 0.1) is 6.92 Å². The van der Waals surface area contributed by atoms with Crippen LogP contribution in [0.5, 0.6) is 0 Å². The summed E-state index contributed by atoms with van der Waals surface area (Å²) in [7, 11) is 0. The Morgan fingerprint density at radius 2 is 1.88 bits per heavy atom. The van der Waals surface area contributed by atoms with Gasteiger partial charge in [-0.05, 0) is 37.1 Å². The van der Waals surface area contributed by atoms with Gasteiger partial charge in [0.05, 0.1) is 11.1 Å². The fourth-order valence-electron chi connectivity index (χ4n) is 1.66. The first-order valence-corrected chi connectivity index (χ1v) is 4.78. The number of aromatic carboxylic acids is 2. The summed E-state index contributed by atoms with van der Waals surface area (Å²) in [6.07, 6.45) is 0.419. The fourth-order valence-corrected chi connectivity index (χ4v) is 1.66.